The molecular formula is C14H21N3O2. The van der Waals surface area contributed by atoms with Crippen LogP contribution in [0.25, 0.3) is 0 Å². The molecular weight excluding hydrogens is 242 g/mol. The molecule has 19 heavy (non-hydrogen) atoms. The van der Waals surface area contributed by atoms with Crippen LogP contribution in [0.15, 0.2) is 6.20 Å². The normalized spacial score (nSPS) is 31.0. The van der Waals surface area contributed by atoms with Crippen LogP contribution in [0.2, 0.25) is 0 Å². The topological polar surface area (TPSA) is 69.2 Å². The molecule has 5 heteroatoms. The standard InChI is InChI=1S/C14H21N3O2/c1-8(2)17-10-3-4-11(17)6-9(5-10)13-15-7-12(16-13)14(18)19/h7-11H,3-6H2,1-2H3,(H,15,16)(H,18,19)/t10-,11-/m0/s1. The summed E-state index contributed by atoms with van der Waals surface area (Å²) in [6, 6.07) is 1.88. The predicted octanol–water partition coefficient (Wildman–Crippen LogP) is 2.23. The van der Waals surface area contributed by atoms with Crippen molar-refractivity contribution in [3.8, 4) is 0 Å². The van der Waals surface area contributed by atoms with Crippen LogP contribution in [0.3, 0.4) is 0 Å². The Morgan fingerprint density at radius 1 is 1.42 bits per heavy atom. The van der Waals surface area contributed by atoms with E-state index in [1.807, 2.05) is 0 Å². The Hall–Kier alpha value is -1.36. The summed E-state index contributed by atoms with van der Waals surface area (Å²) in [4.78, 5) is 20.8. The molecule has 2 saturated heterocycles. The fourth-order valence-corrected chi connectivity index (χ4v) is 3.93. The number of imidazole rings is 1. The minimum absolute atomic E-state index is 0.202. The van der Waals surface area contributed by atoms with E-state index in [4.69, 9.17) is 5.11 Å². The van der Waals surface area contributed by atoms with Crippen molar-refractivity contribution in [1.29, 1.82) is 0 Å². The lowest BCUT2D eigenvalue weighted by molar-refractivity contribution is 0.0690. The van der Waals surface area contributed by atoms with Crippen molar-refractivity contribution >= 4 is 5.97 Å². The van der Waals surface area contributed by atoms with Crippen molar-refractivity contribution in [3.05, 3.63) is 17.7 Å². The van der Waals surface area contributed by atoms with Crippen molar-refractivity contribution in [2.24, 2.45) is 0 Å². The summed E-state index contributed by atoms with van der Waals surface area (Å²) in [6.07, 6.45) is 6.18. The van der Waals surface area contributed by atoms with E-state index in [0.29, 0.717) is 24.0 Å². The monoisotopic (exact) mass is 263 g/mol. The number of nitrogens with zero attached hydrogens (tertiary/aromatic N) is 2. The van der Waals surface area contributed by atoms with Gasteiger partial charge in [-0.3, -0.25) is 4.90 Å². The number of aromatic amines is 1. The second-order valence-corrected chi connectivity index (χ2v) is 6.08. The Bertz CT molecular complexity index is 469. The number of piperidine rings is 1. The van der Waals surface area contributed by atoms with Crippen LogP contribution in [0, 0.1) is 0 Å². The van der Waals surface area contributed by atoms with Crippen LogP contribution in [-0.2, 0) is 0 Å². The van der Waals surface area contributed by atoms with E-state index in [-0.39, 0.29) is 5.69 Å². The summed E-state index contributed by atoms with van der Waals surface area (Å²) < 4.78 is 0. The summed E-state index contributed by atoms with van der Waals surface area (Å²) in [7, 11) is 0. The van der Waals surface area contributed by atoms with Gasteiger partial charge in [-0.2, -0.15) is 0 Å². The molecule has 1 aromatic rings. The highest BCUT2D eigenvalue weighted by atomic mass is 16.4. The molecule has 0 saturated carbocycles. The molecule has 0 radical (unpaired) electrons. The third-order valence-electron chi connectivity index (χ3n) is 4.60. The van der Waals surface area contributed by atoms with Crippen LogP contribution in [-0.4, -0.2) is 44.1 Å². The molecule has 5 nitrogen and oxygen atoms in total. The highest BCUT2D eigenvalue weighted by molar-refractivity contribution is 5.85. The molecule has 2 atom stereocenters. The van der Waals surface area contributed by atoms with E-state index in [9.17, 15) is 4.79 Å². The number of hydrogen-bond acceptors (Lipinski definition) is 3. The zero-order valence-corrected chi connectivity index (χ0v) is 11.5. The van der Waals surface area contributed by atoms with Gasteiger partial charge in [0.25, 0.3) is 0 Å². The third kappa shape index (κ3) is 2.16. The average Bonchev–Trinajstić information content (AvgIpc) is 2.93. The number of aromatic nitrogens is 2. The van der Waals surface area contributed by atoms with Crippen molar-refractivity contribution in [1.82, 2.24) is 14.9 Å². The van der Waals surface area contributed by atoms with Gasteiger partial charge in [-0.15, -0.1) is 0 Å². The van der Waals surface area contributed by atoms with E-state index >= 15 is 0 Å². The van der Waals surface area contributed by atoms with Crippen LogP contribution in [0.5, 0.6) is 0 Å². The smallest absolute Gasteiger partial charge is 0.353 e. The number of rotatable bonds is 3. The number of H-pyrrole nitrogens is 1. The maximum absolute atomic E-state index is 10.9. The number of fused-ring (bicyclic) bond motifs is 2. The van der Waals surface area contributed by atoms with E-state index in [2.05, 4.69) is 28.7 Å². The highest BCUT2D eigenvalue weighted by Crippen LogP contribution is 2.43. The number of nitrogens with one attached hydrogen (secondary N) is 1. The molecule has 3 heterocycles. The Morgan fingerprint density at radius 3 is 2.53 bits per heavy atom. The van der Waals surface area contributed by atoms with Crippen LogP contribution >= 0.6 is 0 Å². The van der Waals surface area contributed by atoms with Gasteiger partial charge < -0.3 is 10.1 Å². The van der Waals surface area contributed by atoms with Gasteiger partial charge in [0, 0.05) is 24.0 Å². The van der Waals surface area contributed by atoms with Gasteiger partial charge in [0.1, 0.15) is 11.5 Å². The molecule has 3 rings (SSSR count). The van der Waals surface area contributed by atoms with Crippen molar-refractivity contribution < 1.29 is 9.90 Å². The molecule has 2 N–H and O–H groups in total. The quantitative estimate of drug-likeness (QED) is 0.877. The third-order valence-corrected chi connectivity index (χ3v) is 4.60. The van der Waals surface area contributed by atoms with Gasteiger partial charge in [-0.05, 0) is 39.5 Å². The molecule has 0 spiro atoms. The maximum Gasteiger partial charge on any atom is 0.353 e. The van der Waals surface area contributed by atoms with Gasteiger partial charge in [0.2, 0.25) is 0 Å². The first-order chi connectivity index (χ1) is 9.06. The van der Waals surface area contributed by atoms with E-state index in [0.717, 1.165) is 18.7 Å². The second-order valence-electron chi connectivity index (χ2n) is 6.08. The summed E-state index contributed by atoms with van der Waals surface area (Å²) >= 11 is 0. The number of hydrogen-bond donors (Lipinski definition) is 2. The summed E-state index contributed by atoms with van der Waals surface area (Å²) in [5, 5.41) is 8.95. The van der Waals surface area contributed by atoms with Crippen LogP contribution < -0.4 is 0 Å². The molecule has 0 aromatic carbocycles. The van der Waals surface area contributed by atoms with Gasteiger partial charge in [0.15, 0.2) is 0 Å². The lowest BCUT2D eigenvalue weighted by Crippen LogP contribution is -2.46. The average molecular weight is 263 g/mol. The van der Waals surface area contributed by atoms with E-state index < -0.39 is 5.97 Å². The zero-order valence-electron chi connectivity index (χ0n) is 11.5. The Kier molecular flexibility index (Phi) is 3.09. The number of carboxylic acids is 1. The van der Waals surface area contributed by atoms with Gasteiger partial charge in [-0.1, -0.05) is 0 Å². The molecule has 0 aliphatic carbocycles. The molecule has 2 aliphatic rings. The minimum atomic E-state index is -0.929. The summed E-state index contributed by atoms with van der Waals surface area (Å²) in [6.45, 7) is 4.53. The van der Waals surface area contributed by atoms with Gasteiger partial charge >= 0.3 is 5.97 Å². The Labute approximate surface area is 113 Å². The largest absolute Gasteiger partial charge is 0.477 e. The summed E-state index contributed by atoms with van der Waals surface area (Å²) in [5.41, 5.74) is 0.202. The number of carboxylic acid groups (broad SMARTS) is 1. The van der Waals surface area contributed by atoms with Crippen molar-refractivity contribution in [3.63, 3.8) is 0 Å². The second kappa shape index (κ2) is 4.63. The molecule has 0 unspecified atom stereocenters. The lowest BCUT2D eigenvalue weighted by atomic mass is 9.89. The van der Waals surface area contributed by atoms with Crippen molar-refractivity contribution in [2.45, 2.75) is 63.6 Å². The first kappa shape index (κ1) is 12.7. The van der Waals surface area contributed by atoms with Crippen LogP contribution in [0.4, 0.5) is 0 Å². The van der Waals surface area contributed by atoms with Crippen molar-refractivity contribution in [2.75, 3.05) is 0 Å². The molecule has 2 bridgehead atoms. The minimum Gasteiger partial charge on any atom is -0.477 e. The maximum atomic E-state index is 10.9. The predicted molar refractivity (Wildman–Crippen MR) is 71.3 cm³/mol. The van der Waals surface area contributed by atoms with E-state index in [1.165, 1.54) is 19.0 Å². The number of aromatic carboxylic acids is 1. The van der Waals surface area contributed by atoms with Gasteiger partial charge in [-0.25, -0.2) is 9.78 Å². The summed E-state index contributed by atoms with van der Waals surface area (Å²) in [5.74, 6) is 0.319. The fourth-order valence-electron chi connectivity index (χ4n) is 3.93. The fraction of sp³-hybridized carbons (Fsp3) is 0.714. The lowest BCUT2D eigenvalue weighted by Gasteiger charge is -2.41. The molecule has 104 valence electrons. The first-order valence-electron chi connectivity index (χ1n) is 7.12. The van der Waals surface area contributed by atoms with Crippen LogP contribution in [0.1, 0.15) is 61.8 Å². The highest BCUT2D eigenvalue weighted by Gasteiger charge is 2.42. The Morgan fingerprint density at radius 2 is 2.05 bits per heavy atom. The number of carbonyl (C=O) groups is 1. The van der Waals surface area contributed by atoms with E-state index in [1.54, 1.807) is 0 Å². The van der Waals surface area contributed by atoms with Gasteiger partial charge in [0.05, 0.1) is 6.20 Å². The molecule has 1 aromatic heterocycles. The Balaban J connectivity index is 1.76. The SMILES string of the molecule is CC(C)N1[C@H]2CC[C@H]1CC(c1ncc(C(=O)O)[nH]1)C2. The zero-order chi connectivity index (χ0) is 13.6. The molecule has 0 amide bonds. The molecule has 2 aliphatic heterocycles. The molecule has 2 fully saturated rings. The first-order valence-corrected chi connectivity index (χ1v) is 7.12.